The zero-order valence-corrected chi connectivity index (χ0v) is 14.7. The van der Waals surface area contributed by atoms with Gasteiger partial charge in [0.2, 0.25) is 5.95 Å². The van der Waals surface area contributed by atoms with Crippen molar-refractivity contribution in [1.82, 2.24) is 19.5 Å². The van der Waals surface area contributed by atoms with Crippen molar-refractivity contribution in [3.63, 3.8) is 0 Å². The second-order valence-electron chi connectivity index (χ2n) is 6.05. The van der Waals surface area contributed by atoms with Crippen molar-refractivity contribution in [1.29, 1.82) is 0 Å². The molecule has 1 unspecified atom stereocenters. The molecule has 0 aliphatic heterocycles. The number of anilines is 3. The van der Waals surface area contributed by atoms with Crippen LogP contribution >= 0.6 is 0 Å². The molecule has 3 rings (SSSR count). The Morgan fingerprint density at radius 1 is 1.35 bits per heavy atom. The van der Waals surface area contributed by atoms with Crippen LogP contribution in [0.4, 0.5) is 21.8 Å². The molecule has 26 heavy (non-hydrogen) atoms. The van der Waals surface area contributed by atoms with E-state index in [1.54, 1.807) is 10.9 Å². The molecule has 1 atom stereocenters. The van der Waals surface area contributed by atoms with Crippen molar-refractivity contribution in [2.45, 2.75) is 25.9 Å². The summed E-state index contributed by atoms with van der Waals surface area (Å²) < 4.78 is 15.2. The number of nitrogens with zero attached hydrogens (tertiary/aromatic N) is 4. The topological polar surface area (TPSA) is 114 Å². The van der Waals surface area contributed by atoms with Gasteiger partial charge in [-0.05, 0) is 30.2 Å². The molecular formula is C17H22FN7O. The lowest BCUT2D eigenvalue weighted by Gasteiger charge is -2.15. The number of nitrogen functional groups attached to an aromatic ring is 1. The number of nitrogens with two attached hydrogens (primary N) is 1. The fourth-order valence-corrected chi connectivity index (χ4v) is 2.56. The fourth-order valence-electron chi connectivity index (χ4n) is 2.56. The first-order valence-electron chi connectivity index (χ1n) is 8.36. The molecule has 0 fully saturated rings. The summed E-state index contributed by atoms with van der Waals surface area (Å²) in [7, 11) is 1.84. The molecule has 8 nitrogen and oxygen atoms in total. The minimum absolute atomic E-state index is 0.0220. The normalized spacial score (nSPS) is 12.3. The molecule has 0 radical (unpaired) electrons. The Morgan fingerprint density at radius 3 is 2.88 bits per heavy atom. The average Bonchev–Trinajstić information content (AvgIpc) is 3.01. The Hall–Kier alpha value is -2.94. The maximum Gasteiger partial charge on any atom is 0.227 e. The molecule has 0 aliphatic carbocycles. The van der Waals surface area contributed by atoms with Crippen molar-refractivity contribution < 1.29 is 9.50 Å². The Labute approximate surface area is 150 Å². The van der Waals surface area contributed by atoms with Crippen LogP contribution in [0.5, 0.6) is 0 Å². The Morgan fingerprint density at radius 2 is 2.15 bits per heavy atom. The molecule has 0 amide bonds. The zero-order chi connectivity index (χ0) is 18.7. The monoisotopic (exact) mass is 359 g/mol. The molecule has 2 aromatic heterocycles. The van der Waals surface area contributed by atoms with E-state index in [0.29, 0.717) is 40.7 Å². The number of hydrogen-bond acceptors (Lipinski definition) is 7. The van der Waals surface area contributed by atoms with Crippen LogP contribution in [0.25, 0.3) is 11.2 Å². The summed E-state index contributed by atoms with van der Waals surface area (Å²) in [6.45, 7) is 2.23. The van der Waals surface area contributed by atoms with Crippen LogP contribution in [0.15, 0.2) is 24.5 Å². The van der Waals surface area contributed by atoms with Gasteiger partial charge in [0.25, 0.3) is 0 Å². The first kappa shape index (κ1) is 17.9. The van der Waals surface area contributed by atoms with E-state index in [9.17, 15) is 9.50 Å². The standard InChI is InChI=1S/C17H22FN7O/c1-3-12(8-26)22-17-23-15(14-16(24-17)25(2)9-21-14)20-7-10-6-11(18)4-5-13(10)19/h4-6,9,12,26H,3,7-8,19H2,1-2H3,(H2,20,22,23,24). The summed E-state index contributed by atoms with van der Waals surface area (Å²) in [5.41, 5.74) is 8.27. The van der Waals surface area contributed by atoms with Crippen molar-refractivity contribution in [2.75, 3.05) is 23.0 Å². The van der Waals surface area contributed by atoms with Crippen LogP contribution in [-0.4, -0.2) is 37.3 Å². The summed E-state index contributed by atoms with van der Waals surface area (Å²) in [5, 5.41) is 15.7. The first-order chi connectivity index (χ1) is 12.5. The Balaban J connectivity index is 1.92. The number of aryl methyl sites for hydroxylation is 1. The number of aliphatic hydroxyl groups excluding tert-OH is 1. The summed E-state index contributed by atoms with van der Waals surface area (Å²) in [5.74, 6) is 0.545. The third-order valence-electron chi connectivity index (χ3n) is 4.16. The number of imidazole rings is 1. The third kappa shape index (κ3) is 3.67. The van der Waals surface area contributed by atoms with E-state index in [-0.39, 0.29) is 18.5 Å². The molecule has 0 bridgehead atoms. The van der Waals surface area contributed by atoms with Gasteiger partial charge >= 0.3 is 0 Å². The number of aromatic nitrogens is 4. The molecule has 1 aromatic carbocycles. The molecule has 0 aliphatic rings. The fraction of sp³-hybridized carbons (Fsp3) is 0.353. The van der Waals surface area contributed by atoms with Crippen LogP contribution in [0, 0.1) is 5.82 Å². The van der Waals surface area contributed by atoms with Crippen LogP contribution in [0.2, 0.25) is 0 Å². The number of aliphatic hydroxyl groups is 1. The molecule has 0 spiro atoms. The van der Waals surface area contributed by atoms with Gasteiger partial charge < -0.3 is 26.0 Å². The predicted molar refractivity (Wildman–Crippen MR) is 99.2 cm³/mol. The van der Waals surface area contributed by atoms with Crippen LogP contribution < -0.4 is 16.4 Å². The van der Waals surface area contributed by atoms with Gasteiger partial charge in [-0.2, -0.15) is 9.97 Å². The van der Waals surface area contributed by atoms with Crippen LogP contribution in [-0.2, 0) is 13.6 Å². The van der Waals surface area contributed by atoms with Gasteiger partial charge in [0, 0.05) is 19.3 Å². The summed E-state index contributed by atoms with van der Waals surface area (Å²) in [6, 6.07) is 4.09. The summed E-state index contributed by atoms with van der Waals surface area (Å²) in [4.78, 5) is 13.2. The number of rotatable bonds is 7. The van der Waals surface area contributed by atoms with E-state index in [1.807, 2.05) is 14.0 Å². The number of nitrogens with one attached hydrogen (secondary N) is 2. The maximum absolute atomic E-state index is 13.5. The van der Waals surface area contributed by atoms with Crippen molar-refractivity contribution in [2.24, 2.45) is 7.05 Å². The first-order valence-corrected chi connectivity index (χ1v) is 8.36. The molecule has 5 N–H and O–H groups in total. The lowest BCUT2D eigenvalue weighted by atomic mass is 10.2. The molecule has 0 saturated carbocycles. The second-order valence-corrected chi connectivity index (χ2v) is 6.05. The third-order valence-corrected chi connectivity index (χ3v) is 4.16. The lowest BCUT2D eigenvalue weighted by Crippen LogP contribution is -2.24. The molecular weight excluding hydrogens is 337 g/mol. The van der Waals surface area contributed by atoms with E-state index in [0.717, 1.165) is 6.42 Å². The molecule has 9 heteroatoms. The lowest BCUT2D eigenvalue weighted by molar-refractivity contribution is 0.271. The predicted octanol–water partition coefficient (Wildman–Crippen LogP) is 1.88. The molecule has 2 heterocycles. The van der Waals surface area contributed by atoms with E-state index in [4.69, 9.17) is 5.73 Å². The van der Waals surface area contributed by atoms with Crippen LogP contribution in [0.3, 0.4) is 0 Å². The van der Waals surface area contributed by atoms with E-state index in [2.05, 4.69) is 25.6 Å². The van der Waals surface area contributed by atoms with Crippen LogP contribution in [0.1, 0.15) is 18.9 Å². The minimum Gasteiger partial charge on any atom is -0.398 e. The van der Waals surface area contributed by atoms with Gasteiger partial charge in [-0.1, -0.05) is 6.92 Å². The Bertz CT molecular complexity index is 908. The number of benzene rings is 1. The minimum atomic E-state index is -0.349. The highest BCUT2D eigenvalue weighted by molar-refractivity contribution is 5.84. The van der Waals surface area contributed by atoms with E-state index < -0.39 is 0 Å². The number of fused-ring (bicyclic) bond motifs is 1. The highest BCUT2D eigenvalue weighted by Crippen LogP contribution is 2.22. The molecule has 138 valence electrons. The highest BCUT2D eigenvalue weighted by atomic mass is 19.1. The van der Waals surface area contributed by atoms with Gasteiger partial charge in [-0.15, -0.1) is 0 Å². The zero-order valence-electron chi connectivity index (χ0n) is 14.7. The number of hydrogen-bond donors (Lipinski definition) is 4. The Kier molecular flexibility index (Phi) is 5.17. The van der Waals surface area contributed by atoms with Gasteiger partial charge in [0.1, 0.15) is 5.82 Å². The smallest absolute Gasteiger partial charge is 0.227 e. The molecule has 0 saturated heterocycles. The SMILES string of the molecule is CCC(CO)Nc1nc(NCc2cc(F)ccc2N)c2ncn(C)c2n1. The number of halogens is 1. The van der Waals surface area contributed by atoms with Gasteiger partial charge in [-0.25, -0.2) is 9.37 Å². The van der Waals surface area contributed by atoms with Crippen molar-refractivity contribution in [3.05, 3.63) is 35.9 Å². The van der Waals surface area contributed by atoms with Gasteiger partial charge in [-0.3, -0.25) is 0 Å². The summed E-state index contributed by atoms with van der Waals surface area (Å²) in [6.07, 6.45) is 2.38. The van der Waals surface area contributed by atoms with E-state index in [1.165, 1.54) is 18.2 Å². The van der Waals surface area contributed by atoms with Gasteiger partial charge in [0.05, 0.1) is 19.0 Å². The second kappa shape index (κ2) is 7.52. The van der Waals surface area contributed by atoms with Gasteiger partial charge in [0.15, 0.2) is 17.0 Å². The quantitative estimate of drug-likeness (QED) is 0.476. The largest absolute Gasteiger partial charge is 0.398 e. The maximum atomic E-state index is 13.5. The summed E-state index contributed by atoms with van der Waals surface area (Å²) >= 11 is 0. The van der Waals surface area contributed by atoms with Crippen molar-refractivity contribution in [3.8, 4) is 0 Å². The molecule has 3 aromatic rings. The average molecular weight is 359 g/mol. The van der Waals surface area contributed by atoms with E-state index >= 15 is 0 Å². The van der Waals surface area contributed by atoms with Crippen molar-refractivity contribution >= 4 is 28.6 Å². The highest BCUT2D eigenvalue weighted by Gasteiger charge is 2.14.